The molecule has 0 fully saturated rings. The molecule has 1 unspecified atom stereocenters. The highest BCUT2D eigenvalue weighted by molar-refractivity contribution is 7.98. The lowest BCUT2D eigenvalue weighted by atomic mass is 9.98. The smallest absolute Gasteiger partial charge is 0.336 e. The van der Waals surface area contributed by atoms with E-state index in [-0.39, 0.29) is 52.9 Å². The second kappa shape index (κ2) is 32.9. The lowest BCUT2D eigenvalue weighted by molar-refractivity contribution is -0.138. The highest BCUT2D eigenvalue weighted by Crippen LogP contribution is 2.36. The Morgan fingerprint density at radius 2 is 1.03 bits per heavy atom. The van der Waals surface area contributed by atoms with Gasteiger partial charge in [0.05, 0.1) is 42.7 Å². The molecule has 6 aromatic carbocycles. The van der Waals surface area contributed by atoms with Gasteiger partial charge in [-0.3, -0.25) is 19.2 Å². The van der Waals surface area contributed by atoms with Crippen LogP contribution in [0.1, 0.15) is 141 Å². The number of likely N-dealkylation sites (N-methyl/N-ethyl adjacent to an activating group) is 2. The molecular formula is C74H80F8N8O4S2. The predicted octanol–water partition coefficient (Wildman–Crippen LogP) is 15.0. The molecule has 0 saturated carbocycles. The van der Waals surface area contributed by atoms with Gasteiger partial charge in [0.15, 0.2) is 10.3 Å². The van der Waals surface area contributed by atoms with Crippen LogP contribution in [-0.4, -0.2) is 103 Å². The van der Waals surface area contributed by atoms with Crippen LogP contribution in [0.4, 0.5) is 35.1 Å². The molecule has 0 spiro atoms. The van der Waals surface area contributed by atoms with Gasteiger partial charge < -0.3 is 28.7 Å². The molecule has 2 heterocycles. The van der Waals surface area contributed by atoms with Gasteiger partial charge in [0, 0.05) is 80.0 Å². The van der Waals surface area contributed by atoms with Crippen molar-refractivity contribution in [2.75, 3.05) is 52.4 Å². The van der Waals surface area contributed by atoms with Crippen molar-refractivity contribution in [3.8, 4) is 22.3 Å². The van der Waals surface area contributed by atoms with Crippen molar-refractivity contribution < 1.29 is 83.1 Å². The number of benzene rings is 6. The quantitative estimate of drug-likeness (QED) is 0.0295. The minimum atomic E-state index is -5.17. The van der Waals surface area contributed by atoms with Crippen molar-refractivity contribution in [3.05, 3.63) is 233 Å². The minimum absolute atomic E-state index is 0.00892. The Morgan fingerprint density at radius 3 is 1.52 bits per heavy atom. The number of carbonyl (C=O) groups excluding carboxylic acids is 2. The molecule has 2 aliphatic carbocycles. The fourth-order valence-electron chi connectivity index (χ4n) is 9.70. The summed E-state index contributed by atoms with van der Waals surface area (Å²) in [6.45, 7) is -4.40. The topological polar surface area (TPSA) is 117 Å². The first-order valence-electron chi connectivity index (χ1n) is 43.9. The maximum Gasteiger partial charge on any atom is 0.416 e. The summed E-state index contributed by atoms with van der Waals surface area (Å²) in [6.07, 6.45) is -15.7. The second-order valence-electron chi connectivity index (χ2n) is 21.2. The second-order valence-corrected chi connectivity index (χ2v) is 23.1. The Labute approximate surface area is 603 Å². The molecule has 2 aliphatic rings. The molecule has 12 nitrogen and oxygen atoms in total. The molecule has 2 amide bonds. The van der Waals surface area contributed by atoms with E-state index in [0.29, 0.717) is 77.1 Å². The largest absolute Gasteiger partial charge is 0.416 e. The van der Waals surface area contributed by atoms with Crippen LogP contribution in [0, 0.1) is 24.5 Å². The average molecular weight is 1390 g/mol. The van der Waals surface area contributed by atoms with Crippen molar-refractivity contribution in [1.29, 1.82) is 0 Å². The number of thioether (sulfide) groups is 2. The van der Waals surface area contributed by atoms with Crippen LogP contribution < -0.4 is 11.1 Å². The molecular weight excluding hydrogens is 1280 g/mol. The zero-order valence-corrected chi connectivity index (χ0v) is 54.0. The molecule has 2 aromatic heterocycles. The SMILES string of the molecule is [2H]c1c([2H])c(CSc2nc(=O)c3c(n2C([2H])([2H])C(=O)N(CCN(CC)CC)C([2H])([2H])c2c([2H])c([2H])c(-c4c([2H])c([2H])c(C(F)(F)F)c(C)c4[2H])c([2H])c2[2H])CCC3)c([2H])c([2H])c1F.[2H]c1c([2H])c(CSc2nc(=O)c3c(n2C([2H])([2H])C(=O)N(CCN(CC)CC)C([2H])([2H])c2ccc(-c4ccc(C(F)(F)F)cc4)cc2)C([2H])([2H])C([2H])(C)C3([2H])[2H])c([2H])c([2H])c1F. The third kappa shape index (κ3) is 19.0. The summed E-state index contributed by atoms with van der Waals surface area (Å²) < 4.78 is 355. The first-order chi connectivity index (χ1) is 57.1. The first kappa shape index (κ1) is 43.4. The monoisotopic (exact) mass is 1390 g/mol. The van der Waals surface area contributed by atoms with Crippen LogP contribution in [-0.2, 0) is 85.0 Å². The lowest BCUT2D eigenvalue weighted by Gasteiger charge is -2.28. The fourth-order valence-corrected chi connectivity index (χ4v) is 11.4. The average Bonchev–Trinajstić information content (AvgIpc) is 1.51. The van der Waals surface area contributed by atoms with E-state index >= 15 is 0 Å². The van der Waals surface area contributed by atoms with Crippen molar-refractivity contribution in [2.45, 2.75) is 134 Å². The number of aromatic nitrogens is 4. The predicted molar refractivity (Wildman–Crippen MR) is 362 cm³/mol. The van der Waals surface area contributed by atoms with Crippen molar-refractivity contribution in [3.63, 3.8) is 0 Å². The van der Waals surface area contributed by atoms with Crippen LogP contribution in [0.15, 0.2) is 159 Å². The van der Waals surface area contributed by atoms with E-state index in [4.69, 9.17) is 27.4 Å². The van der Waals surface area contributed by atoms with Crippen LogP contribution in [0.5, 0.6) is 0 Å². The normalized spacial score (nSPS) is 20.2. The van der Waals surface area contributed by atoms with E-state index in [1.165, 1.54) is 36.4 Å². The van der Waals surface area contributed by atoms with E-state index in [0.717, 1.165) is 30.5 Å². The van der Waals surface area contributed by atoms with Crippen molar-refractivity contribution in [1.82, 2.24) is 38.7 Å². The van der Waals surface area contributed by atoms with Gasteiger partial charge in [0.25, 0.3) is 11.1 Å². The summed E-state index contributed by atoms with van der Waals surface area (Å²) in [4.78, 5) is 68.9. The minimum Gasteiger partial charge on any atom is -0.336 e. The highest BCUT2D eigenvalue weighted by Gasteiger charge is 2.34. The van der Waals surface area contributed by atoms with Gasteiger partial charge in [-0.05, 0) is 163 Å². The zero-order chi connectivity index (χ0) is 93.6. The van der Waals surface area contributed by atoms with Crippen molar-refractivity contribution in [2.24, 2.45) is 5.89 Å². The molecule has 0 aliphatic heterocycles. The van der Waals surface area contributed by atoms with E-state index < -0.39 is 267 Å². The molecule has 0 saturated heterocycles. The number of amides is 2. The number of nitrogens with zero attached hydrogens (tertiary/aromatic N) is 8. The fraction of sp³-hybridized carbons (Fsp3) is 0.378. The summed E-state index contributed by atoms with van der Waals surface area (Å²) in [6, 6.07) is -6.13. The Balaban J connectivity index is 0.000000281. The maximum atomic E-state index is 14.9. The van der Waals surface area contributed by atoms with Gasteiger partial charge in [0.1, 0.15) is 24.6 Å². The molecule has 508 valence electrons. The van der Waals surface area contributed by atoms with Gasteiger partial charge >= 0.3 is 12.4 Å². The molecule has 0 bridgehead atoms. The molecule has 0 N–H and O–H groups in total. The molecule has 1 atom stereocenters. The Morgan fingerprint density at radius 1 is 0.573 bits per heavy atom. The summed E-state index contributed by atoms with van der Waals surface area (Å²) in [5.41, 5.74) is -10.9. The summed E-state index contributed by atoms with van der Waals surface area (Å²) in [5.74, 6) is -10.3. The lowest BCUT2D eigenvalue weighted by Crippen LogP contribution is -2.40. The summed E-state index contributed by atoms with van der Waals surface area (Å²) >= 11 is 0.843. The van der Waals surface area contributed by atoms with Gasteiger partial charge in [-0.1, -0.05) is 155 Å². The zero-order valence-electron chi connectivity index (χ0n) is 80.4. The Kier molecular flexibility index (Phi) is 14.9. The molecule has 8 aromatic rings. The molecule has 0 radical (unpaired) electrons. The number of halogens is 8. The Bertz CT molecular complexity index is 5550. The maximum absolute atomic E-state index is 14.9. The van der Waals surface area contributed by atoms with Crippen molar-refractivity contribution >= 4 is 35.3 Å². The number of rotatable bonds is 26. The van der Waals surface area contributed by atoms with E-state index in [2.05, 4.69) is 9.97 Å². The number of hydrogen-bond acceptors (Lipinski definition) is 10. The Hall–Kier alpha value is -7.92. The summed E-state index contributed by atoms with van der Waals surface area (Å²) in [7, 11) is 0. The number of fused-ring (bicyclic) bond motifs is 2. The van der Waals surface area contributed by atoms with E-state index in [1.807, 2.05) is 0 Å². The number of hydrogen-bond donors (Lipinski definition) is 0. The van der Waals surface area contributed by atoms with Crippen LogP contribution in [0.3, 0.4) is 0 Å². The van der Waals surface area contributed by atoms with Gasteiger partial charge in [-0.15, -0.1) is 0 Å². The third-order valence-corrected chi connectivity index (χ3v) is 16.8. The molecule has 22 heteroatoms. The standard InChI is InChI=1S/2C37H40F4N4O2S/c1-4-43(5-2)18-19-44(22-26-6-10-28(11-7-26)29-12-14-30(15-13-29)37(39,40)41)34(46)23-45-33-21-25(3)20-32(33)35(47)42-36(45)48-24-27-8-16-31(38)17-9-27;1-4-43(5-2)19-20-44(22-26-9-13-28(14-10-26)29-15-18-32(25(3)21-29)37(39,40)41)34(46)23-45-33-8-6-7-31(33)35(47)42-36(45)48-24-27-11-16-30(38)17-12-27/h6-17,25H,4-5,18-24H2,1-3H3;9-18,21H,4-8,19-20,22-24H2,1-3H3/i8D,9D,16D,17D,20D2,21D2,22D2,23D2,25D;9D,10D,11D,12D,13D,14D,15D,16D,17D,18D,21D,22D2,23D2. The van der Waals surface area contributed by atoms with Crippen LogP contribution in [0.2, 0.25) is 0 Å². The summed E-state index contributed by atoms with van der Waals surface area (Å²) in [5, 5.41) is -1.35. The first-order valence-corrected chi connectivity index (χ1v) is 31.8. The number of carbonyl (C=O) groups is 2. The highest BCUT2D eigenvalue weighted by atomic mass is 32.2. The third-order valence-electron chi connectivity index (χ3n) is 14.8. The van der Waals surface area contributed by atoms with E-state index in [1.54, 1.807) is 37.5 Å². The van der Waals surface area contributed by atoms with Gasteiger partial charge in [-0.25, -0.2) is 8.78 Å². The number of alkyl halides is 6. The van der Waals surface area contributed by atoms with E-state index in [9.17, 15) is 65.3 Å². The molecule has 96 heavy (non-hydrogen) atoms. The molecule has 10 rings (SSSR count). The van der Waals surface area contributed by atoms with Crippen LogP contribution >= 0.6 is 23.5 Å². The van der Waals surface area contributed by atoms with Gasteiger partial charge in [0.2, 0.25) is 11.8 Å². The van der Waals surface area contributed by atoms with Gasteiger partial charge in [-0.2, -0.15) is 36.3 Å². The van der Waals surface area contributed by atoms with Crippen LogP contribution in [0.25, 0.3) is 22.3 Å².